The number of hydrogen-bond donors (Lipinski definition) is 1. The molecule has 2 heterocycles. The van der Waals surface area contributed by atoms with E-state index in [-0.39, 0.29) is 11.7 Å². The third-order valence-electron chi connectivity index (χ3n) is 6.17. The van der Waals surface area contributed by atoms with Gasteiger partial charge in [0.2, 0.25) is 10.0 Å². The van der Waals surface area contributed by atoms with E-state index in [1.165, 1.54) is 4.31 Å². The number of fused-ring (bicyclic) bond motifs is 2. The van der Waals surface area contributed by atoms with Crippen molar-refractivity contribution in [2.24, 2.45) is 0 Å². The van der Waals surface area contributed by atoms with Gasteiger partial charge in [-0.2, -0.15) is 4.31 Å². The van der Waals surface area contributed by atoms with Crippen molar-refractivity contribution in [1.29, 1.82) is 0 Å². The highest BCUT2D eigenvalue weighted by atomic mass is 32.2. The maximum atomic E-state index is 13.6. The summed E-state index contributed by atoms with van der Waals surface area (Å²) in [6.07, 6.45) is 1.16. The SMILES string of the molecule is CCOc1ccc(S(=O)(=O)N2CCC(n3c(=O)[nH]c4ccccc43)CC2)c2ccccc12. The zero-order chi connectivity index (χ0) is 22.3. The predicted molar refractivity (Wildman–Crippen MR) is 125 cm³/mol. The number of piperidine rings is 1. The van der Waals surface area contributed by atoms with Gasteiger partial charge in [0.25, 0.3) is 0 Å². The van der Waals surface area contributed by atoms with Crippen molar-refractivity contribution in [3.63, 3.8) is 0 Å². The van der Waals surface area contributed by atoms with Gasteiger partial charge in [-0.1, -0.05) is 36.4 Å². The van der Waals surface area contributed by atoms with Gasteiger partial charge in [-0.25, -0.2) is 13.2 Å². The molecule has 1 aliphatic rings. The number of H-pyrrole nitrogens is 1. The van der Waals surface area contributed by atoms with E-state index in [4.69, 9.17) is 4.74 Å². The second-order valence-electron chi connectivity index (χ2n) is 7.99. The van der Waals surface area contributed by atoms with Crippen molar-refractivity contribution < 1.29 is 13.2 Å². The summed E-state index contributed by atoms with van der Waals surface area (Å²) in [6.45, 7) is 3.14. The van der Waals surface area contributed by atoms with Gasteiger partial charge >= 0.3 is 5.69 Å². The molecule has 1 aliphatic heterocycles. The highest BCUT2D eigenvalue weighted by Gasteiger charge is 2.32. The van der Waals surface area contributed by atoms with Crippen molar-refractivity contribution in [2.45, 2.75) is 30.7 Å². The predicted octanol–water partition coefficient (Wildman–Crippen LogP) is 3.91. The minimum Gasteiger partial charge on any atom is -0.493 e. The Bertz CT molecular complexity index is 1450. The maximum Gasteiger partial charge on any atom is 0.326 e. The van der Waals surface area contributed by atoms with Gasteiger partial charge in [-0.15, -0.1) is 0 Å². The molecule has 0 atom stereocenters. The molecule has 1 saturated heterocycles. The average molecular weight is 452 g/mol. The molecule has 0 radical (unpaired) electrons. The zero-order valence-corrected chi connectivity index (χ0v) is 18.6. The summed E-state index contributed by atoms with van der Waals surface area (Å²) >= 11 is 0. The summed E-state index contributed by atoms with van der Waals surface area (Å²) in [4.78, 5) is 15.7. The molecule has 0 amide bonds. The van der Waals surface area contributed by atoms with E-state index in [1.54, 1.807) is 16.7 Å². The van der Waals surface area contributed by atoms with Crippen molar-refractivity contribution in [3.05, 3.63) is 71.1 Å². The molecule has 3 aromatic carbocycles. The van der Waals surface area contributed by atoms with Crippen LogP contribution in [0.3, 0.4) is 0 Å². The summed E-state index contributed by atoms with van der Waals surface area (Å²) in [6, 6.07) is 18.3. The number of hydrogen-bond acceptors (Lipinski definition) is 4. The van der Waals surface area contributed by atoms with Crippen LogP contribution in [0.2, 0.25) is 0 Å². The molecule has 5 rings (SSSR count). The third kappa shape index (κ3) is 3.40. The van der Waals surface area contributed by atoms with Gasteiger partial charge in [0.1, 0.15) is 5.75 Å². The molecule has 0 unspecified atom stereocenters. The van der Waals surface area contributed by atoms with Crippen LogP contribution in [-0.2, 0) is 10.0 Å². The quantitative estimate of drug-likeness (QED) is 0.499. The Hall–Kier alpha value is -3.10. The molecule has 166 valence electrons. The molecule has 4 aromatic rings. The van der Waals surface area contributed by atoms with Gasteiger partial charge < -0.3 is 9.72 Å². The summed E-state index contributed by atoms with van der Waals surface area (Å²) in [5.74, 6) is 0.680. The van der Waals surface area contributed by atoms with Gasteiger partial charge in [0.15, 0.2) is 0 Å². The Morgan fingerprint density at radius 2 is 1.66 bits per heavy atom. The fourth-order valence-electron chi connectivity index (χ4n) is 4.67. The van der Waals surface area contributed by atoms with E-state index in [0.717, 1.165) is 16.4 Å². The molecule has 1 aromatic heterocycles. The van der Waals surface area contributed by atoms with E-state index < -0.39 is 10.0 Å². The van der Waals surface area contributed by atoms with Crippen LogP contribution in [-0.4, -0.2) is 42.0 Å². The van der Waals surface area contributed by atoms with Crippen LogP contribution in [0.25, 0.3) is 21.8 Å². The number of nitrogens with one attached hydrogen (secondary N) is 1. The van der Waals surface area contributed by atoms with Gasteiger partial charge in [-0.3, -0.25) is 4.57 Å². The lowest BCUT2D eigenvalue weighted by molar-refractivity contribution is 0.274. The lowest BCUT2D eigenvalue weighted by Crippen LogP contribution is -2.40. The minimum absolute atomic E-state index is 0.0397. The lowest BCUT2D eigenvalue weighted by atomic mass is 10.1. The Kier molecular flexibility index (Phi) is 5.27. The number of ether oxygens (including phenoxy) is 1. The second-order valence-corrected chi connectivity index (χ2v) is 9.90. The fraction of sp³-hybridized carbons (Fsp3) is 0.292. The molecule has 7 nitrogen and oxygen atoms in total. The molecule has 0 saturated carbocycles. The van der Waals surface area contributed by atoms with Crippen LogP contribution in [0.15, 0.2) is 70.4 Å². The first kappa shape index (κ1) is 20.8. The minimum atomic E-state index is -3.68. The third-order valence-corrected chi connectivity index (χ3v) is 8.13. The molecule has 1 fully saturated rings. The largest absolute Gasteiger partial charge is 0.493 e. The highest BCUT2D eigenvalue weighted by molar-refractivity contribution is 7.89. The summed E-state index contributed by atoms with van der Waals surface area (Å²) < 4.78 is 36.1. The molecule has 0 spiro atoms. The molecule has 0 aliphatic carbocycles. The number of aromatic amines is 1. The molecule has 1 N–H and O–H groups in total. The maximum absolute atomic E-state index is 13.6. The number of aromatic nitrogens is 2. The summed E-state index contributed by atoms with van der Waals surface area (Å²) in [5.41, 5.74) is 1.51. The number of nitrogens with zero attached hydrogens (tertiary/aromatic N) is 2. The average Bonchev–Trinajstić information content (AvgIpc) is 3.15. The van der Waals surface area contributed by atoms with E-state index in [1.807, 2.05) is 55.5 Å². The first-order chi connectivity index (χ1) is 15.5. The Morgan fingerprint density at radius 1 is 0.969 bits per heavy atom. The smallest absolute Gasteiger partial charge is 0.326 e. The van der Waals surface area contributed by atoms with Crippen LogP contribution in [0.4, 0.5) is 0 Å². The van der Waals surface area contributed by atoms with Crippen LogP contribution < -0.4 is 10.4 Å². The first-order valence-corrected chi connectivity index (χ1v) is 12.3. The molecule has 0 bridgehead atoms. The molecular formula is C24H25N3O4S. The topological polar surface area (TPSA) is 84.4 Å². The number of sulfonamides is 1. The lowest BCUT2D eigenvalue weighted by Gasteiger charge is -2.32. The zero-order valence-electron chi connectivity index (χ0n) is 17.8. The standard InChI is InChI=1S/C24H25N3O4S/c1-2-31-22-11-12-23(19-8-4-3-7-18(19)22)32(29,30)26-15-13-17(14-16-26)27-21-10-6-5-9-20(21)25-24(27)28/h3-12,17H,2,13-16H2,1H3,(H,25,28). The van der Waals surface area contributed by atoms with Gasteiger partial charge in [0, 0.05) is 29.9 Å². The van der Waals surface area contributed by atoms with Crippen molar-refractivity contribution in [1.82, 2.24) is 13.9 Å². The van der Waals surface area contributed by atoms with Crippen LogP contribution >= 0.6 is 0 Å². The highest BCUT2D eigenvalue weighted by Crippen LogP contribution is 2.34. The van der Waals surface area contributed by atoms with Crippen molar-refractivity contribution in [2.75, 3.05) is 19.7 Å². The number of imidazole rings is 1. The Morgan fingerprint density at radius 3 is 2.41 bits per heavy atom. The number of para-hydroxylation sites is 2. The van der Waals surface area contributed by atoms with E-state index in [9.17, 15) is 13.2 Å². The van der Waals surface area contributed by atoms with Crippen molar-refractivity contribution in [3.8, 4) is 5.75 Å². The van der Waals surface area contributed by atoms with Crippen LogP contribution in [0, 0.1) is 0 Å². The van der Waals surface area contributed by atoms with Gasteiger partial charge in [0.05, 0.1) is 22.5 Å². The van der Waals surface area contributed by atoms with E-state index in [0.29, 0.717) is 48.6 Å². The normalized spacial score (nSPS) is 16.0. The first-order valence-electron chi connectivity index (χ1n) is 10.8. The van der Waals surface area contributed by atoms with E-state index in [2.05, 4.69) is 4.98 Å². The molecule has 8 heteroatoms. The monoisotopic (exact) mass is 451 g/mol. The van der Waals surface area contributed by atoms with Crippen LogP contribution in [0.1, 0.15) is 25.8 Å². The van der Waals surface area contributed by atoms with Gasteiger partial charge in [-0.05, 0) is 44.0 Å². The number of rotatable bonds is 5. The van der Waals surface area contributed by atoms with Crippen molar-refractivity contribution >= 4 is 31.8 Å². The summed E-state index contributed by atoms with van der Waals surface area (Å²) in [5, 5.41) is 1.45. The molecular weight excluding hydrogens is 426 g/mol. The second kappa shape index (κ2) is 8.11. The van der Waals surface area contributed by atoms with Crippen LogP contribution in [0.5, 0.6) is 5.75 Å². The summed E-state index contributed by atoms with van der Waals surface area (Å²) in [7, 11) is -3.68. The Labute approximate surface area is 186 Å². The fourth-order valence-corrected chi connectivity index (χ4v) is 6.33. The molecule has 32 heavy (non-hydrogen) atoms. The number of benzene rings is 3. The van der Waals surface area contributed by atoms with E-state index >= 15 is 0 Å². The Balaban J connectivity index is 1.44.